The number of ether oxygens (including phenoxy) is 1. The SMILES string of the molecule is CC(C)(C)OC(=O)NC(/C=C1\SC(=S)N(CCCC(=O)O)C1=O)Cc1ccccc1. The lowest BCUT2D eigenvalue weighted by molar-refractivity contribution is -0.137. The van der Waals surface area contributed by atoms with E-state index in [4.69, 9.17) is 22.1 Å². The largest absolute Gasteiger partial charge is 0.481 e. The van der Waals surface area contributed by atoms with Crippen LogP contribution < -0.4 is 5.32 Å². The van der Waals surface area contributed by atoms with Crippen LogP contribution in [0.2, 0.25) is 0 Å². The minimum absolute atomic E-state index is 0.0348. The second kappa shape index (κ2) is 10.6. The predicted octanol–water partition coefficient (Wildman–Crippen LogP) is 3.73. The van der Waals surface area contributed by atoms with Gasteiger partial charge in [0.25, 0.3) is 5.91 Å². The third-order valence-corrected chi connectivity index (χ3v) is 5.40. The molecule has 1 aliphatic rings. The molecule has 162 valence electrons. The highest BCUT2D eigenvalue weighted by atomic mass is 32.2. The summed E-state index contributed by atoms with van der Waals surface area (Å²) in [5, 5.41) is 11.6. The monoisotopic (exact) mass is 450 g/mol. The molecule has 7 nitrogen and oxygen atoms in total. The Bertz CT molecular complexity index is 834. The average molecular weight is 451 g/mol. The predicted molar refractivity (Wildman–Crippen MR) is 120 cm³/mol. The minimum Gasteiger partial charge on any atom is -0.481 e. The molecule has 30 heavy (non-hydrogen) atoms. The molecule has 1 unspecified atom stereocenters. The van der Waals surface area contributed by atoms with E-state index >= 15 is 0 Å². The first kappa shape index (κ1) is 23.9. The topological polar surface area (TPSA) is 95.9 Å². The zero-order chi connectivity index (χ0) is 22.3. The van der Waals surface area contributed by atoms with Gasteiger partial charge in [-0.25, -0.2) is 4.79 Å². The van der Waals surface area contributed by atoms with Crippen molar-refractivity contribution in [3.63, 3.8) is 0 Å². The van der Waals surface area contributed by atoms with Crippen LogP contribution in [0.3, 0.4) is 0 Å². The number of thiocarbonyl (C=S) groups is 1. The first-order chi connectivity index (χ1) is 14.0. The van der Waals surface area contributed by atoms with Crippen LogP contribution >= 0.6 is 24.0 Å². The van der Waals surface area contributed by atoms with E-state index in [2.05, 4.69) is 5.32 Å². The van der Waals surface area contributed by atoms with Crippen molar-refractivity contribution in [1.29, 1.82) is 0 Å². The third kappa shape index (κ3) is 7.79. The Morgan fingerprint density at radius 1 is 1.30 bits per heavy atom. The van der Waals surface area contributed by atoms with Crippen LogP contribution in [0.25, 0.3) is 0 Å². The fourth-order valence-corrected chi connectivity index (χ4v) is 4.10. The molecule has 0 aromatic heterocycles. The molecule has 1 aromatic rings. The van der Waals surface area contributed by atoms with Gasteiger partial charge in [-0.2, -0.15) is 0 Å². The first-order valence-corrected chi connectivity index (χ1v) is 10.8. The zero-order valence-corrected chi connectivity index (χ0v) is 18.8. The molecule has 2 amide bonds. The molecule has 1 saturated heterocycles. The highest BCUT2D eigenvalue weighted by molar-refractivity contribution is 8.26. The van der Waals surface area contributed by atoms with E-state index in [1.807, 2.05) is 30.3 Å². The Labute approximate surface area is 185 Å². The highest BCUT2D eigenvalue weighted by Gasteiger charge is 2.32. The van der Waals surface area contributed by atoms with Crippen LogP contribution in [-0.4, -0.2) is 50.5 Å². The number of hydrogen-bond acceptors (Lipinski definition) is 6. The molecule has 0 spiro atoms. The van der Waals surface area contributed by atoms with E-state index in [1.165, 1.54) is 4.90 Å². The number of nitrogens with zero attached hydrogens (tertiary/aromatic N) is 1. The fraction of sp³-hybridized carbons (Fsp3) is 0.429. The molecule has 1 aliphatic heterocycles. The van der Waals surface area contributed by atoms with Gasteiger partial charge in [0.1, 0.15) is 9.92 Å². The number of carbonyl (C=O) groups excluding carboxylic acids is 2. The van der Waals surface area contributed by atoms with Gasteiger partial charge in [-0.3, -0.25) is 14.5 Å². The van der Waals surface area contributed by atoms with Gasteiger partial charge in [0.05, 0.1) is 10.9 Å². The van der Waals surface area contributed by atoms with Crippen molar-refractivity contribution < 1.29 is 24.2 Å². The van der Waals surface area contributed by atoms with Crippen LogP contribution in [0.4, 0.5) is 4.79 Å². The highest BCUT2D eigenvalue weighted by Crippen LogP contribution is 2.31. The molecule has 2 N–H and O–H groups in total. The van der Waals surface area contributed by atoms with Gasteiger partial charge in [0.2, 0.25) is 0 Å². The molecule has 1 atom stereocenters. The van der Waals surface area contributed by atoms with Gasteiger partial charge < -0.3 is 15.2 Å². The number of thioether (sulfide) groups is 1. The Morgan fingerprint density at radius 2 is 1.97 bits per heavy atom. The van der Waals surface area contributed by atoms with Crippen LogP contribution in [-0.2, 0) is 20.7 Å². The van der Waals surface area contributed by atoms with Crippen molar-refractivity contribution in [2.45, 2.75) is 51.7 Å². The van der Waals surface area contributed by atoms with Crippen molar-refractivity contribution in [3.8, 4) is 0 Å². The van der Waals surface area contributed by atoms with E-state index in [-0.39, 0.29) is 18.9 Å². The van der Waals surface area contributed by atoms with Crippen LogP contribution in [0.5, 0.6) is 0 Å². The van der Waals surface area contributed by atoms with E-state index in [0.717, 1.165) is 17.3 Å². The number of amides is 2. The number of alkyl carbamates (subject to hydrolysis) is 1. The molecule has 0 aliphatic carbocycles. The summed E-state index contributed by atoms with van der Waals surface area (Å²) in [4.78, 5) is 37.6. The quantitative estimate of drug-likeness (QED) is 0.460. The van der Waals surface area contributed by atoms with Gasteiger partial charge in [-0.15, -0.1) is 0 Å². The van der Waals surface area contributed by atoms with Crippen molar-refractivity contribution in [3.05, 3.63) is 46.9 Å². The molecule has 1 heterocycles. The van der Waals surface area contributed by atoms with Crippen molar-refractivity contribution >= 4 is 46.3 Å². The number of benzene rings is 1. The maximum absolute atomic E-state index is 12.8. The Balaban J connectivity index is 2.15. The van der Waals surface area contributed by atoms with Crippen LogP contribution in [0.15, 0.2) is 41.3 Å². The average Bonchev–Trinajstić information content (AvgIpc) is 2.88. The molecule has 0 radical (unpaired) electrons. The van der Waals surface area contributed by atoms with Gasteiger partial charge in [0, 0.05) is 13.0 Å². The normalized spacial score (nSPS) is 16.6. The smallest absolute Gasteiger partial charge is 0.408 e. The molecule has 0 bridgehead atoms. The zero-order valence-electron chi connectivity index (χ0n) is 17.2. The van der Waals surface area contributed by atoms with Gasteiger partial charge in [-0.1, -0.05) is 54.3 Å². The maximum atomic E-state index is 12.8. The molecule has 1 aromatic carbocycles. The Hall–Kier alpha value is -2.39. The molecular formula is C21H26N2O5S2. The van der Waals surface area contributed by atoms with Crippen molar-refractivity contribution in [1.82, 2.24) is 10.2 Å². The van der Waals surface area contributed by atoms with E-state index in [0.29, 0.717) is 22.1 Å². The van der Waals surface area contributed by atoms with Crippen LogP contribution in [0, 0.1) is 0 Å². The standard InChI is InChI=1S/C21H26N2O5S2/c1-21(2,3)28-19(27)22-15(12-14-8-5-4-6-9-14)13-16-18(26)23(20(29)30-16)11-7-10-17(24)25/h4-6,8-9,13,15H,7,10-12H2,1-3H3,(H,22,27)(H,24,25)/b16-13-. The van der Waals surface area contributed by atoms with E-state index in [1.54, 1.807) is 26.8 Å². The first-order valence-electron chi connectivity index (χ1n) is 9.56. The Kier molecular flexibility index (Phi) is 8.43. The van der Waals surface area contributed by atoms with Gasteiger partial charge >= 0.3 is 12.1 Å². The number of carboxylic acids is 1. The summed E-state index contributed by atoms with van der Waals surface area (Å²) >= 11 is 6.43. The molecule has 2 rings (SSSR count). The number of hydrogen-bond donors (Lipinski definition) is 2. The fourth-order valence-electron chi connectivity index (χ4n) is 2.76. The second-order valence-electron chi connectivity index (χ2n) is 7.80. The van der Waals surface area contributed by atoms with Gasteiger partial charge in [0.15, 0.2) is 0 Å². The number of rotatable bonds is 8. The summed E-state index contributed by atoms with van der Waals surface area (Å²) in [6.07, 6.45) is 1.87. The second-order valence-corrected chi connectivity index (χ2v) is 9.47. The Morgan fingerprint density at radius 3 is 2.57 bits per heavy atom. The summed E-state index contributed by atoms with van der Waals surface area (Å²) < 4.78 is 5.73. The third-order valence-electron chi connectivity index (χ3n) is 4.00. The molecular weight excluding hydrogens is 424 g/mol. The summed E-state index contributed by atoms with van der Waals surface area (Å²) in [6, 6.07) is 9.12. The molecule has 0 saturated carbocycles. The van der Waals surface area contributed by atoms with Crippen molar-refractivity contribution in [2.24, 2.45) is 0 Å². The molecule has 9 heteroatoms. The molecule has 1 fully saturated rings. The summed E-state index contributed by atoms with van der Waals surface area (Å²) in [7, 11) is 0. The lowest BCUT2D eigenvalue weighted by Crippen LogP contribution is -2.39. The number of carboxylic acid groups (broad SMARTS) is 1. The van der Waals surface area contributed by atoms with Crippen molar-refractivity contribution in [2.75, 3.05) is 6.54 Å². The lowest BCUT2D eigenvalue weighted by atomic mass is 10.1. The lowest BCUT2D eigenvalue weighted by Gasteiger charge is -2.22. The maximum Gasteiger partial charge on any atom is 0.408 e. The number of carbonyl (C=O) groups is 3. The summed E-state index contributed by atoms with van der Waals surface area (Å²) in [5.41, 5.74) is 0.348. The van der Waals surface area contributed by atoms with E-state index < -0.39 is 23.7 Å². The van der Waals surface area contributed by atoms with E-state index in [9.17, 15) is 14.4 Å². The summed E-state index contributed by atoms with van der Waals surface area (Å²) in [6.45, 7) is 5.58. The number of aliphatic carboxylic acids is 1. The minimum atomic E-state index is -0.916. The van der Waals surface area contributed by atoms with Crippen LogP contribution in [0.1, 0.15) is 39.2 Å². The van der Waals surface area contributed by atoms with Gasteiger partial charge in [-0.05, 0) is 45.3 Å². The summed E-state index contributed by atoms with van der Waals surface area (Å²) in [5.74, 6) is -1.19. The number of nitrogens with one attached hydrogen (secondary N) is 1.